The lowest BCUT2D eigenvalue weighted by atomic mass is 10.1. The van der Waals surface area contributed by atoms with Crippen LogP contribution in [-0.2, 0) is 20.8 Å². The quantitative estimate of drug-likeness (QED) is 0.586. The summed E-state index contributed by atoms with van der Waals surface area (Å²) in [6.07, 6.45) is 0.00865. The van der Waals surface area contributed by atoms with Gasteiger partial charge in [-0.3, -0.25) is 10.1 Å². The fourth-order valence-corrected chi connectivity index (χ4v) is 2.49. The summed E-state index contributed by atoms with van der Waals surface area (Å²) in [6, 6.07) is 4.87. The zero-order valence-electron chi connectivity index (χ0n) is 12.3. The van der Waals surface area contributed by atoms with Crippen LogP contribution in [0.25, 0.3) is 0 Å². The zero-order valence-corrected chi connectivity index (χ0v) is 12.3. The number of anilines is 1. The Bertz CT molecular complexity index is 492. The van der Waals surface area contributed by atoms with Crippen LogP contribution < -0.4 is 4.90 Å². The Morgan fingerprint density at radius 3 is 2.90 bits per heavy atom. The van der Waals surface area contributed by atoms with Crippen molar-refractivity contribution in [3.05, 3.63) is 33.9 Å². The molecule has 1 aliphatic rings. The van der Waals surface area contributed by atoms with Crippen LogP contribution in [0.5, 0.6) is 0 Å². The van der Waals surface area contributed by atoms with Crippen molar-refractivity contribution in [3.8, 4) is 0 Å². The van der Waals surface area contributed by atoms with E-state index in [9.17, 15) is 10.1 Å². The zero-order chi connectivity index (χ0) is 15.2. The fourth-order valence-electron chi connectivity index (χ4n) is 2.49. The Hall–Kier alpha value is -1.70. The lowest BCUT2D eigenvalue weighted by Crippen LogP contribution is -2.44. The first kappa shape index (κ1) is 15.7. The average molecular weight is 296 g/mol. The molecule has 1 aliphatic heterocycles. The standard InChI is InChI=1S/C14H20N2O5/c1-19-9-11-7-12(16(17)18)3-4-14(11)15-5-6-21-13(8-15)10-20-2/h3-4,7,13H,5-6,8-10H2,1-2H3. The highest BCUT2D eigenvalue weighted by Crippen LogP contribution is 2.27. The second-order valence-electron chi connectivity index (χ2n) is 4.90. The summed E-state index contributed by atoms with van der Waals surface area (Å²) in [5, 5.41) is 10.9. The van der Waals surface area contributed by atoms with Crippen LogP contribution in [0, 0.1) is 10.1 Å². The van der Waals surface area contributed by atoms with Crippen molar-refractivity contribution in [2.24, 2.45) is 0 Å². The fraction of sp³-hybridized carbons (Fsp3) is 0.571. The van der Waals surface area contributed by atoms with Crippen LogP contribution in [0.4, 0.5) is 11.4 Å². The first-order chi connectivity index (χ1) is 10.2. The lowest BCUT2D eigenvalue weighted by Gasteiger charge is -2.35. The largest absolute Gasteiger partial charge is 0.382 e. The van der Waals surface area contributed by atoms with Gasteiger partial charge in [0.2, 0.25) is 0 Å². The number of nitro groups is 1. The number of methoxy groups -OCH3 is 2. The molecule has 0 aliphatic carbocycles. The van der Waals surface area contributed by atoms with E-state index in [2.05, 4.69) is 4.90 Å². The number of hydrogen-bond acceptors (Lipinski definition) is 6. The van der Waals surface area contributed by atoms with Gasteiger partial charge in [0.15, 0.2) is 0 Å². The highest BCUT2D eigenvalue weighted by molar-refractivity contribution is 5.58. The summed E-state index contributed by atoms with van der Waals surface area (Å²) >= 11 is 0. The number of benzene rings is 1. The van der Waals surface area contributed by atoms with E-state index < -0.39 is 4.92 Å². The molecule has 21 heavy (non-hydrogen) atoms. The third-order valence-electron chi connectivity index (χ3n) is 3.41. The van der Waals surface area contributed by atoms with E-state index in [4.69, 9.17) is 14.2 Å². The summed E-state index contributed by atoms with van der Waals surface area (Å²) in [4.78, 5) is 12.7. The van der Waals surface area contributed by atoms with Gasteiger partial charge in [0, 0.05) is 50.7 Å². The van der Waals surface area contributed by atoms with Gasteiger partial charge >= 0.3 is 0 Å². The van der Waals surface area contributed by atoms with Gasteiger partial charge in [-0.2, -0.15) is 0 Å². The molecule has 1 saturated heterocycles. The molecule has 1 fully saturated rings. The maximum absolute atomic E-state index is 10.9. The van der Waals surface area contributed by atoms with Gasteiger partial charge < -0.3 is 19.1 Å². The second-order valence-corrected chi connectivity index (χ2v) is 4.90. The SMILES string of the molecule is COCc1cc([N+](=O)[O-])ccc1N1CCOC(COC)C1. The maximum Gasteiger partial charge on any atom is 0.269 e. The molecule has 0 radical (unpaired) electrons. The molecule has 7 heteroatoms. The predicted octanol–water partition coefficient (Wildman–Crippen LogP) is 1.59. The number of rotatable bonds is 6. The van der Waals surface area contributed by atoms with Crippen LogP contribution >= 0.6 is 0 Å². The van der Waals surface area contributed by atoms with Gasteiger partial charge in [-0.25, -0.2) is 0 Å². The van der Waals surface area contributed by atoms with Gasteiger partial charge in [0.1, 0.15) is 0 Å². The smallest absolute Gasteiger partial charge is 0.269 e. The number of nitro benzene ring substituents is 1. The number of non-ortho nitro benzene ring substituents is 1. The molecule has 7 nitrogen and oxygen atoms in total. The monoisotopic (exact) mass is 296 g/mol. The van der Waals surface area contributed by atoms with Crippen LogP contribution in [0.2, 0.25) is 0 Å². The van der Waals surface area contributed by atoms with Gasteiger partial charge in [-0.05, 0) is 6.07 Å². The summed E-state index contributed by atoms with van der Waals surface area (Å²) in [7, 11) is 3.22. The minimum atomic E-state index is -0.393. The van der Waals surface area contributed by atoms with Crippen LogP contribution in [-0.4, -0.2) is 51.6 Å². The molecule has 1 atom stereocenters. The molecule has 0 aromatic heterocycles. The molecular weight excluding hydrogens is 276 g/mol. The normalized spacial score (nSPS) is 18.8. The molecule has 0 spiro atoms. The second kappa shape index (κ2) is 7.35. The van der Waals surface area contributed by atoms with Crippen LogP contribution in [0.1, 0.15) is 5.56 Å². The third kappa shape index (κ3) is 3.90. The van der Waals surface area contributed by atoms with Crippen LogP contribution in [0.15, 0.2) is 18.2 Å². The summed E-state index contributed by atoms with van der Waals surface area (Å²) in [6.45, 7) is 2.92. The van der Waals surface area contributed by atoms with Crippen molar-refractivity contribution in [3.63, 3.8) is 0 Å². The summed E-state index contributed by atoms with van der Waals surface area (Å²) in [5.41, 5.74) is 1.84. The molecule has 0 saturated carbocycles. The van der Waals surface area contributed by atoms with Crippen molar-refractivity contribution >= 4 is 11.4 Å². The molecule has 0 N–H and O–H groups in total. The van der Waals surface area contributed by atoms with Crippen LogP contribution in [0.3, 0.4) is 0 Å². The third-order valence-corrected chi connectivity index (χ3v) is 3.41. The van der Waals surface area contributed by atoms with E-state index in [0.29, 0.717) is 26.4 Å². The number of nitrogens with zero attached hydrogens (tertiary/aromatic N) is 2. The molecule has 1 aromatic carbocycles. The van der Waals surface area contributed by atoms with E-state index in [1.165, 1.54) is 6.07 Å². The minimum absolute atomic E-state index is 0.00865. The van der Waals surface area contributed by atoms with Crippen molar-refractivity contribution in [1.82, 2.24) is 0 Å². The Kier molecular flexibility index (Phi) is 5.49. The molecule has 1 aromatic rings. The molecule has 116 valence electrons. The molecule has 2 rings (SSSR count). The first-order valence-corrected chi connectivity index (χ1v) is 6.77. The van der Waals surface area contributed by atoms with E-state index in [-0.39, 0.29) is 11.8 Å². The van der Waals surface area contributed by atoms with E-state index in [1.807, 2.05) is 0 Å². The number of ether oxygens (including phenoxy) is 3. The van der Waals surface area contributed by atoms with E-state index in [1.54, 1.807) is 26.4 Å². The molecule has 1 unspecified atom stereocenters. The first-order valence-electron chi connectivity index (χ1n) is 6.77. The van der Waals surface area contributed by atoms with Gasteiger partial charge in [-0.15, -0.1) is 0 Å². The Labute approximate surface area is 123 Å². The Balaban J connectivity index is 2.22. The molecule has 0 amide bonds. The highest BCUT2D eigenvalue weighted by Gasteiger charge is 2.23. The Morgan fingerprint density at radius 2 is 2.24 bits per heavy atom. The molecule has 0 bridgehead atoms. The average Bonchev–Trinajstić information content (AvgIpc) is 2.48. The molecule has 1 heterocycles. The topological polar surface area (TPSA) is 74.1 Å². The van der Waals surface area contributed by atoms with Crippen molar-refractivity contribution in [2.75, 3.05) is 45.4 Å². The summed E-state index contributed by atoms with van der Waals surface area (Å²) < 4.78 is 15.9. The van der Waals surface area contributed by atoms with E-state index >= 15 is 0 Å². The van der Waals surface area contributed by atoms with Gasteiger partial charge in [0.25, 0.3) is 5.69 Å². The summed E-state index contributed by atoms with van der Waals surface area (Å²) in [5.74, 6) is 0. The maximum atomic E-state index is 10.9. The minimum Gasteiger partial charge on any atom is -0.382 e. The number of morpholine rings is 1. The van der Waals surface area contributed by atoms with Crippen molar-refractivity contribution in [1.29, 1.82) is 0 Å². The van der Waals surface area contributed by atoms with Gasteiger partial charge in [-0.1, -0.05) is 0 Å². The predicted molar refractivity (Wildman–Crippen MR) is 77.6 cm³/mol. The number of hydrogen-bond donors (Lipinski definition) is 0. The lowest BCUT2D eigenvalue weighted by molar-refractivity contribution is -0.384. The highest BCUT2D eigenvalue weighted by atomic mass is 16.6. The van der Waals surface area contributed by atoms with Gasteiger partial charge in [0.05, 0.1) is 30.8 Å². The molecular formula is C14H20N2O5. The van der Waals surface area contributed by atoms with Crippen molar-refractivity contribution < 1.29 is 19.1 Å². The Morgan fingerprint density at radius 1 is 1.43 bits per heavy atom. The van der Waals surface area contributed by atoms with E-state index in [0.717, 1.165) is 17.8 Å². The van der Waals surface area contributed by atoms with Crippen molar-refractivity contribution in [2.45, 2.75) is 12.7 Å².